The molecule has 3 aromatic rings. The van der Waals surface area contributed by atoms with Gasteiger partial charge in [0.1, 0.15) is 5.82 Å². The molecule has 1 fully saturated rings. The van der Waals surface area contributed by atoms with Crippen molar-refractivity contribution in [3.8, 4) is 0 Å². The van der Waals surface area contributed by atoms with Gasteiger partial charge in [0.05, 0.1) is 0 Å². The molecule has 4 nitrogen and oxygen atoms in total. The van der Waals surface area contributed by atoms with Crippen molar-refractivity contribution >= 4 is 40.8 Å². The normalized spacial score (nSPS) is 17.0. The summed E-state index contributed by atoms with van der Waals surface area (Å²) >= 11 is 0. The third-order valence-electron chi connectivity index (χ3n) is 5.38. The van der Waals surface area contributed by atoms with E-state index in [0.29, 0.717) is 5.92 Å². The minimum Gasteiger partial charge on any atom is -0.361 e. The quantitative estimate of drug-likeness (QED) is 0.319. The molecule has 1 atom stereocenters. The Morgan fingerprint density at radius 3 is 2.86 bits per heavy atom. The maximum absolute atomic E-state index is 13.3. The summed E-state index contributed by atoms with van der Waals surface area (Å²) in [6.45, 7) is 2.81. The van der Waals surface area contributed by atoms with Crippen LogP contribution in [0.4, 0.5) is 4.39 Å². The zero-order valence-corrected chi connectivity index (χ0v) is 18.3. The van der Waals surface area contributed by atoms with Gasteiger partial charge in [-0.25, -0.2) is 4.39 Å². The van der Waals surface area contributed by atoms with Crippen LogP contribution in [-0.4, -0.2) is 42.5 Å². The van der Waals surface area contributed by atoms with Crippen molar-refractivity contribution in [2.75, 3.05) is 26.7 Å². The van der Waals surface area contributed by atoms with Crippen LogP contribution in [0.1, 0.15) is 23.5 Å². The molecular weight excluding hydrogens is 466 g/mol. The third-order valence-corrected chi connectivity index (χ3v) is 5.38. The van der Waals surface area contributed by atoms with Crippen molar-refractivity contribution in [3.05, 3.63) is 71.7 Å². The number of aromatic nitrogens is 1. The zero-order valence-electron chi connectivity index (χ0n) is 16.0. The molecule has 1 aliphatic heterocycles. The first-order chi connectivity index (χ1) is 13.2. The predicted octanol–water partition coefficient (Wildman–Crippen LogP) is 4.53. The molecule has 6 heteroatoms. The first kappa shape index (κ1) is 20.6. The molecule has 0 spiro atoms. The van der Waals surface area contributed by atoms with E-state index >= 15 is 0 Å². The number of nitrogens with zero attached hydrogens (tertiary/aromatic N) is 2. The van der Waals surface area contributed by atoms with Crippen LogP contribution in [0.5, 0.6) is 0 Å². The lowest BCUT2D eigenvalue weighted by Gasteiger charge is -2.21. The Hall–Kier alpha value is -2.09. The molecule has 0 radical (unpaired) electrons. The zero-order chi connectivity index (χ0) is 18.6. The monoisotopic (exact) mass is 492 g/mol. The fraction of sp³-hybridized carbons (Fsp3) is 0.318. The molecule has 1 saturated heterocycles. The third kappa shape index (κ3) is 4.48. The standard InChI is InChI=1S/C22H25FN4.HI/c1-24-22(27-12-10-18(15-27)16-5-3-2-4-6-16)25-11-9-17-14-26-21-13-19(23)7-8-20(17)21;/h2-8,13-14,18,26H,9-12,15H2,1H3,(H,24,25);1H. The van der Waals surface area contributed by atoms with Gasteiger partial charge in [-0.2, -0.15) is 0 Å². The number of guanidine groups is 1. The Balaban J connectivity index is 0.00000225. The van der Waals surface area contributed by atoms with Crippen LogP contribution >= 0.6 is 24.0 Å². The van der Waals surface area contributed by atoms with Gasteiger partial charge in [-0.05, 0) is 42.2 Å². The highest BCUT2D eigenvalue weighted by molar-refractivity contribution is 14.0. The number of rotatable bonds is 4. The smallest absolute Gasteiger partial charge is 0.193 e. The summed E-state index contributed by atoms with van der Waals surface area (Å²) in [6.07, 6.45) is 3.98. The average Bonchev–Trinajstić information content (AvgIpc) is 3.33. The van der Waals surface area contributed by atoms with E-state index in [2.05, 4.69) is 50.5 Å². The van der Waals surface area contributed by atoms with E-state index < -0.39 is 0 Å². The molecule has 2 heterocycles. The minimum absolute atomic E-state index is 0. The van der Waals surface area contributed by atoms with Crippen LogP contribution in [0.3, 0.4) is 0 Å². The maximum Gasteiger partial charge on any atom is 0.193 e. The number of benzene rings is 2. The second-order valence-electron chi connectivity index (χ2n) is 7.07. The Bertz CT molecular complexity index is 938. The van der Waals surface area contributed by atoms with Gasteiger partial charge in [0.25, 0.3) is 0 Å². The van der Waals surface area contributed by atoms with Crippen molar-refractivity contribution in [2.45, 2.75) is 18.8 Å². The van der Waals surface area contributed by atoms with Gasteiger partial charge in [0.2, 0.25) is 0 Å². The molecule has 2 N–H and O–H groups in total. The first-order valence-corrected chi connectivity index (χ1v) is 9.50. The summed E-state index contributed by atoms with van der Waals surface area (Å²) in [4.78, 5) is 9.95. The van der Waals surface area contributed by atoms with Crippen molar-refractivity contribution in [3.63, 3.8) is 0 Å². The van der Waals surface area contributed by atoms with Crippen LogP contribution in [0.15, 0.2) is 59.7 Å². The van der Waals surface area contributed by atoms with E-state index in [-0.39, 0.29) is 29.8 Å². The minimum atomic E-state index is -0.212. The van der Waals surface area contributed by atoms with Crippen molar-refractivity contribution < 1.29 is 4.39 Å². The molecule has 148 valence electrons. The van der Waals surface area contributed by atoms with Gasteiger partial charge in [-0.1, -0.05) is 30.3 Å². The molecule has 0 saturated carbocycles. The van der Waals surface area contributed by atoms with Crippen LogP contribution in [-0.2, 0) is 6.42 Å². The van der Waals surface area contributed by atoms with Gasteiger partial charge in [-0.15, -0.1) is 24.0 Å². The molecule has 0 bridgehead atoms. The second kappa shape index (κ2) is 9.41. The fourth-order valence-corrected chi connectivity index (χ4v) is 3.96. The van der Waals surface area contributed by atoms with E-state index in [1.165, 1.54) is 17.2 Å². The molecule has 2 aromatic carbocycles. The van der Waals surface area contributed by atoms with Crippen LogP contribution in [0.25, 0.3) is 10.9 Å². The van der Waals surface area contributed by atoms with Gasteiger partial charge in [-0.3, -0.25) is 4.99 Å². The summed E-state index contributed by atoms with van der Waals surface area (Å²) in [5.74, 6) is 1.31. The van der Waals surface area contributed by atoms with E-state index in [9.17, 15) is 4.39 Å². The fourth-order valence-electron chi connectivity index (χ4n) is 3.96. The topological polar surface area (TPSA) is 43.4 Å². The SMILES string of the molecule is CN=C(NCCc1c[nH]c2cc(F)ccc12)N1CCC(c2ccccc2)C1.I. The number of likely N-dealkylation sites (tertiary alicyclic amines) is 1. The van der Waals surface area contributed by atoms with E-state index in [0.717, 1.165) is 49.3 Å². The maximum atomic E-state index is 13.3. The number of hydrogen-bond donors (Lipinski definition) is 2. The van der Waals surface area contributed by atoms with Gasteiger partial charge < -0.3 is 15.2 Å². The van der Waals surface area contributed by atoms with Crippen molar-refractivity contribution in [1.82, 2.24) is 15.2 Å². The lowest BCUT2D eigenvalue weighted by atomic mass is 9.99. The predicted molar refractivity (Wildman–Crippen MR) is 124 cm³/mol. The summed E-state index contributed by atoms with van der Waals surface area (Å²) in [5.41, 5.74) is 3.44. The Morgan fingerprint density at radius 2 is 2.07 bits per heavy atom. The molecule has 1 unspecified atom stereocenters. The molecule has 0 aliphatic carbocycles. The molecule has 1 aliphatic rings. The highest BCUT2D eigenvalue weighted by Crippen LogP contribution is 2.27. The molecule has 28 heavy (non-hydrogen) atoms. The lowest BCUT2D eigenvalue weighted by molar-refractivity contribution is 0.486. The van der Waals surface area contributed by atoms with E-state index in [1.807, 2.05) is 19.3 Å². The van der Waals surface area contributed by atoms with Crippen LogP contribution in [0.2, 0.25) is 0 Å². The Labute approximate surface area is 182 Å². The average molecular weight is 492 g/mol. The molecule has 1 aromatic heterocycles. The number of hydrogen-bond acceptors (Lipinski definition) is 1. The lowest BCUT2D eigenvalue weighted by Crippen LogP contribution is -2.40. The number of nitrogens with one attached hydrogen (secondary N) is 2. The van der Waals surface area contributed by atoms with Gasteiger partial charge in [0, 0.05) is 49.7 Å². The summed E-state index contributed by atoms with van der Waals surface area (Å²) in [7, 11) is 1.84. The van der Waals surface area contributed by atoms with Crippen LogP contribution < -0.4 is 5.32 Å². The Kier molecular flexibility index (Phi) is 6.93. The van der Waals surface area contributed by atoms with Crippen molar-refractivity contribution in [2.24, 2.45) is 4.99 Å². The van der Waals surface area contributed by atoms with Gasteiger partial charge >= 0.3 is 0 Å². The summed E-state index contributed by atoms with van der Waals surface area (Å²) in [5, 5.41) is 4.57. The summed E-state index contributed by atoms with van der Waals surface area (Å²) in [6, 6.07) is 15.6. The molecular formula is C22H26FIN4. The number of halogens is 2. The van der Waals surface area contributed by atoms with E-state index in [1.54, 1.807) is 6.07 Å². The number of aliphatic imine (C=N–C) groups is 1. The van der Waals surface area contributed by atoms with E-state index in [4.69, 9.17) is 0 Å². The summed E-state index contributed by atoms with van der Waals surface area (Å²) < 4.78 is 13.3. The molecule has 0 amide bonds. The highest BCUT2D eigenvalue weighted by atomic mass is 127. The van der Waals surface area contributed by atoms with Gasteiger partial charge in [0.15, 0.2) is 5.96 Å². The Morgan fingerprint density at radius 1 is 1.25 bits per heavy atom. The first-order valence-electron chi connectivity index (χ1n) is 9.50. The molecule has 4 rings (SSSR count). The number of H-pyrrole nitrogens is 1. The second-order valence-corrected chi connectivity index (χ2v) is 7.07. The highest BCUT2D eigenvalue weighted by Gasteiger charge is 2.25. The van der Waals surface area contributed by atoms with Crippen LogP contribution in [0, 0.1) is 5.82 Å². The number of fused-ring (bicyclic) bond motifs is 1. The number of aromatic amines is 1. The largest absolute Gasteiger partial charge is 0.361 e. The van der Waals surface area contributed by atoms with Crippen molar-refractivity contribution in [1.29, 1.82) is 0 Å².